The van der Waals surface area contributed by atoms with E-state index in [9.17, 15) is 10.2 Å². The highest BCUT2D eigenvalue weighted by atomic mass is 16.3. The predicted octanol–water partition coefficient (Wildman–Crippen LogP) is 4.45. The van der Waals surface area contributed by atoms with Crippen LogP contribution in [0.3, 0.4) is 0 Å². The van der Waals surface area contributed by atoms with Gasteiger partial charge in [0.05, 0.1) is 12.2 Å². The molecule has 1 heterocycles. The van der Waals surface area contributed by atoms with E-state index in [2.05, 4.69) is 31.0 Å². The average Bonchev–Trinajstić information content (AvgIpc) is 3.01. The second kappa shape index (κ2) is 6.15. The molecular weight excluding hydrogens is 334 g/mol. The van der Waals surface area contributed by atoms with Crippen molar-refractivity contribution in [2.45, 2.75) is 71.0 Å². The maximum absolute atomic E-state index is 11.2. The van der Waals surface area contributed by atoms with Gasteiger partial charge in [0.2, 0.25) is 0 Å². The van der Waals surface area contributed by atoms with Crippen molar-refractivity contribution in [3.63, 3.8) is 0 Å². The van der Waals surface area contributed by atoms with Gasteiger partial charge in [-0.15, -0.1) is 0 Å². The first-order valence-corrected chi connectivity index (χ1v) is 10.9. The summed E-state index contributed by atoms with van der Waals surface area (Å²) in [5.41, 5.74) is 3.16. The van der Waals surface area contributed by atoms with Crippen molar-refractivity contribution >= 4 is 5.57 Å². The molecule has 5 rings (SSSR count). The zero-order valence-corrected chi connectivity index (χ0v) is 16.6. The van der Waals surface area contributed by atoms with Crippen molar-refractivity contribution in [1.29, 1.82) is 0 Å². The van der Waals surface area contributed by atoms with Gasteiger partial charge in [-0.05, 0) is 96.7 Å². The zero-order valence-electron chi connectivity index (χ0n) is 16.6. The highest BCUT2D eigenvalue weighted by Gasteiger charge is 2.61. The molecule has 3 saturated carbocycles. The standard InChI is InChI=1S/C24H33NO2/c1-23-9-7-17(26)12-16(23)13-21(27)22-19-6-5-18(15-4-3-11-25-14-15)24(19,2)10-8-20(22)23/h3-5,11,14,16-17,19-22,26-27H,6-10,12-13H2,1-2H3. The number of aliphatic hydroxyl groups is 2. The highest BCUT2D eigenvalue weighted by Crippen LogP contribution is 2.67. The van der Waals surface area contributed by atoms with Gasteiger partial charge in [0.25, 0.3) is 0 Å². The van der Waals surface area contributed by atoms with E-state index in [1.807, 2.05) is 18.5 Å². The van der Waals surface area contributed by atoms with Crippen molar-refractivity contribution in [1.82, 2.24) is 4.98 Å². The summed E-state index contributed by atoms with van der Waals surface area (Å²) >= 11 is 0. The smallest absolute Gasteiger partial charge is 0.0577 e. The number of hydrogen-bond acceptors (Lipinski definition) is 3. The van der Waals surface area contributed by atoms with Gasteiger partial charge in [-0.3, -0.25) is 4.98 Å². The molecule has 3 heteroatoms. The lowest BCUT2D eigenvalue weighted by Crippen LogP contribution is -2.58. The topological polar surface area (TPSA) is 53.4 Å². The Morgan fingerprint density at radius 1 is 1.07 bits per heavy atom. The molecule has 8 unspecified atom stereocenters. The quantitative estimate of drug-likeness (QED) is 0.771. The summed E-state index contributed by atoms with van der Waals surface area (Å²) in [6.45, 7) is 4.91. The Labute approximate surface area is 162 Å². The first-order valence-electron chi connectivity index (χ1n) is 10.9. The Balaban J connectivity index is 1.48. The molecule has 0 amide bonds. The molecule has 0 aromatic carbocycles. The molecule has 0 saturated heterocycles. The van der Waals surface area contributed by atoms with Crippen molar-refractivity contribution in [3.8, 4) is 0 Å². The Morgan fingerprint density at radius 2 is 1.93 bits per heavy atom. The van der Waals surface area contributed by atoms with Crippen LogP contribution in [-0.4, -0.2) is 27.4 Å². The third-order valence-electron chi connectivity index (χ3n) is 9.21. The number of rotatable bonds is 1. The fourth-order valence-electron chi connectivity index (χ4n) is 7.74. The van der Waals surface area contributed by atoms with Crippen LogP contribution < -0.4 is 0 Å². The van der Waals surface area contributed by atoms with E-state index < -0.39 is 0 Å². The molecule has 0 bridgehead atoms. The molecule has 2 N–H and O–H groups in total. The normalized spacial score (nSPS) is 49.0. The van der Waals surface area contributed by atoms with Gasteiger partial charge < -0.3 is 10.2 Å². The van der Waals surface area contributed by atoms with Crippen LogP contribution in [0, 0.1) is 34.5 Å². The molecule has 1 aromatic rings. The molecule has 0 radical (unpaired) electrons. The van der Waals surface area contributed by atoms with Gasteiger partial charge in [0.1, 0.15) is 0 Å². The zero-order chi connectivity index (χ0) is 18.8. The van der Waals surface area contributed by atoms with E-state index in [4.69, 9.17) is 0 Å². The van der Waals surface area contributed by atoms with Crippen LogP contribution in [0.15, 0.2) is 30.6 Å². The highest BCUT2D eigenvalue weighted by molar-refractivity contribution is 5.72. The van der Waals surface area contributed by atoms with Gasteiger partial charge >= 0.3 is 0 Å². The molecule has 0 spiro atoms. The predicted molar refractivity (Wildman–Crippen MR) is 107 cm³/mol. The van der Waals surface area contributed by atoms with Crippen LogP contribution in [0.25, 0.3) is 5.57 Å². The first-order chi connectivity index (χ1) is 12.9. The molecule has 4 aliphatic carbocycles. The fourth-order valence-corrected chi connectivity index (χ4v) is 7.74. The maximum Gasteiger partial charge on any atom is 0.0577 e. The fraction of sp³-hybridized carbons (Fsp3) is 0.708. The number of nitrogens with zero attached hydrogens (tertiary/aromatic N) is 1. The second-order valence-corrected chi connectivity index (χ2v) is 10.3. The average molecular weight is 368 g/mol. The minimum absolute atomic E-state index is 0.155. The number of hydrogen-bond donors (Lipinski definition) is 2. The largest absolute Gasteiger partial charge is 0.393 e. The van der Waals surface area contributed by atoms with E-state index >= 15 is 0 Å². The summed E-state index contributed by atoms with van der Waals surface area (Å²) in [6, 6.07) is 4.22. The molecule has 1 aromatic heterocycles. The Morgan fingerprint density at radius 3 is 2.70 bits per heavy atom. The SMILES string of the molecule is CC12CCC3C(C(O)CC4CC(O)CCC43C)C1CC=C2c1cccnc1. The molecule has 27 heavy (non-hydrogen) atoms. The molecule has 3 fully saturated rings. The van der Waals surface area contributed by atoms with Crippen LogP contribution in [0.5, 0.6) is 0 Å². The monoisotopic (exact) mass is 367 g/mol. The summed E-state index contributed by atoms with van der Waals surface area (Å²) in [5.74, 6) is 2.00. The van der Waals surface area contributed by atoms with Crippen molar-refractivity contribution in [2.75, 3.05) is 0 Å². The molecule has 3 nitrogen and oxygen atoms in total. The van der Waals surface area contributed by atoms with Gasteiger partial charge in [-0.25, -0.2) is 0 Å². The van der Waals surface area contributed by atoms with Crippen LogP contribution >= 0.6 is 0 Å². The summed E-state index contributed by atoms with van der Waals surface area (Å²) in [6.07, 6.45) is 13.2. The summed E-state index contributed by atoms with van der Waals surface area (Å²) < 4.78 is 0. The lowest BCUT2D eigenvalue weighted by molar-refractivity contribution is -0.163. The Bertz CT molecular complexity index is 746. The number of allylic oxidation sites excluding steroid dienone is 2. The molecule has 8 atom stereocenters. The van der Waals surface area contributed by atoms with E-state index in [0.717, 1.165) is 32.1 Å². The van der Waals surface area contributed by atoms with Crippen LogP contribution in [0.1, 0.15) is 64.4 Å². The summed E-state index contributed by atoms with van der Waals surface area (Å²) in [5, 5.41) is 21.4. The minimum atomic E-state index is -0.218. The van der Waals surface area contributed by atoms with Crippen LogP contribution in [0.2, 0.25) is 0 Å². The number of aliphatic hydroxyl groups excluding tert-OH is 2. The number of aromatic nitrogens is 1. The minimum Gasteiger partial charge on any atom is -0.393 e. The lowest BCUT2D eigenvalue weighted by Gasteiger charge is -2.62. The third-order valence-corrected chi connectivity index (χ3v) is 9.21. The summed E-state index contributed by atoms with van der Waals surface area (Å²) in [7, 11) is 0. The van der Waals surface area contributed by atoms with Crippen molar-refractivity contribution in [3.05, 3.63) is 36.2 Å². The number of fused-ring (bicyclic) bond motifs is 5. The molecule has 4 aliphatic rings. The Kier molecular flexibility index (Phi) is 4.07. The molecular formula is C24H33NO2. The van der Waals surface area contributed by atoms with Gasteiger partial charge in [-0.2, -0.15) is 0 Å². The lowest BCUT2D eigenvalue weighted by atomic mass is 9.44. The van der Waals surface area contributed by atoms with Gasteiger partial charge in [0, 0.05) is 12.4 Å². The Hall–Kier alpha value is -1.19. The van der Waals surface area contributed by atoms with Crippen molar-refractivity contribution in [2.24, 2.45) is 34.5 Å². The van der Waals surface area contributed by atoms with Gasteiger partial charge in [-0.1, -0.05) is 26.0 Å². The maximum atomic E-state index is 11.2. The molecule has 146 valence electrons. The van der Waals surface area contributed by atoms with Crippen LogP contribution in [-0.2, 0) is 0 Å². The molecule has 0 aliphatic heterocycles. The number of pyridine rings is 1. The van der Waals surface area contributed by atoms with Crippen molar-refractivity contribution < 1.29 is 10.2 Å². The first kappa shape index (κ1) is 17.9. The second-order valence-electron chi connectivity index (χ2n) is 10.3. The summed E-state index contributed by atoms with van der Waals surface area (Å²) in [4.78, 5) is 4.35. The van der Waals surface area contributed by atoms with Crippen LogP contribution in [0.4, 0.5) is 0 Å². The van der Waals surface area contributed by atoms with E-state index in [0.29, 0.717) is 29.1 Å². The van der Waals surface area contributed by atoms with E-state index in [1.165, 1.54) is 24.0 Å². The van der Waals surface area contributed by atoms with E-state index in [1.54, 1.807) is 0 Å². The van der Waals surface area contributed by atoms with Gasteiger partial charge in [0.15, 0.2) is 0 Å². The third kappa shape index (κ3) is 2.50. The van der Waals surface area contributed by atoms with E-state index in [-0.39, 0.29) is 17.6 Å².